The van der Waals surface area contributed by atoms with Crippen LogP contribution in [0.4, 0.5) is 0 Å². The Hall–Kier alpha value is -15.3. The zero-order chi connectivity index (χ0) is 82.0. The molecule has 0 aliphatic heterocycles. The zero-order valence-corrected chi connectivity index (χ0v) is 69.7. The summed E-state index contributed by atoms with van der Waals surface area (Å²) in [6.45, 7) is 0. The second kappa shape index (κ2) is 31.7. The van der Waals surface area contributed by atoms with Gasteiger partial charge in [-0.25, -0.2) is 39.9 Å². The van der Waals surface area contributed by atoms with Gasteiger partial charge in [0.15, 0.2) is 23.3 Å². The van der Waals surface area contributed by atoms with Crippen LogP contribution in [-0.4, -0.2) is 39.9 Å². The van der Waals surface area contributed by atoms with Crippen molar-refractivity contribution < 1.29 is 0 Å². The van der Waals surface area contributed by atoms with E-state index in [0.29, 0.717) is 23.3 Å². The molecule has 8 heterocycles. The Labute approximate surface area is 730 Å². The van der Waals surface area contributed by atoms with Gasteiger partial charge in [0.05, 0.1) is 22.8 Å². The summed E-state index contributed by atoms with van der Waals surface area (Å²) in [4.78, 5) is 45.9. The number of nitrogens with zero attached hydrogens (tertiary/aromatic N) is 8. The minimum absolute atomic E-state index is 0.700. The third kappa shape index (κ3) is 13.9. The van der Waals surface area contributed by atoms with Crippen LogP contribution in [0.3, 0.4) is 0 Å². The number of hydrogen-bond donors (Lipinski definition) is 0. The van der Waals surface area contributed by atoms with Gasteiger partial charge in [0.1, 0.15) is 19.3 Å². The lowest BCUT2D eigenvalue weighted by Gasteiger charge is -2.11. The van der Waals surface area contributed by atoms with Gasteiger partial charge in [-0.3, -0.25) is 0 Å². The summed E-state index contributed by atoms with van der Waals surface area (Å²) in [7, 11) is 0. The fourth-order valence-corrected chi connectivity index (χ4v) is 21.2. The van der Waals surface area contributed by atoms with Gasteiger partial charge in [-0.2, -0.15) is 0 Å². The fraction of sp³-hybridized carbons (Fsp3) is 0. The molecule has 0 saturated heterocycles. The van der Waals surface area contributed by atoms with Crippen molar-refractivity contribution in [1.82, 2.24) is 39.9 Å². The van der Waals surface area contributed by atoms with Crippen molar-refractivity contribution in [3.8, 4) is 157 Å². The predicted octanol–water partition coefficient (Wildman–Crippen LogP) is 31.3. The quantitative estimate of drug-likeness (QED) is 0.106. The average molecular weight is 1650 g/mol. The summed E-state index contributed by atoms with van der Waals surface area (Å²) in [5.74, 6) is 2.84. The lowest BCUT2D eigenvalue weighted by atomic mass is 9.97. The topological polar surface area (TPSA) is 103 Å². The van der Waals surface area contributed by atoms with Gasteiger partial charge in [0.25, 0.3) is 0 Å². The molecule has 0 spiro atoms. The van der Waals surface area contributed by atoms with E-state index in [0.717, 1.165) is 136 Å². The Morgan fingerprint density at radius 1 is 0.129 bits per heavy atom. The van der Waals surface area contributed by atoms with Crippen LogP contribution in [0.5, 0.6) is 0 Å². The standard InChI is InChI=1S/C62H38N4S2.C50H30N4S2/c1-3-13-39(14-4-1)41-25-31-44(32-26-41)57-55-51-21-7-9-23-53(51)67-61(55)65-59(63-57)46-35-29-43(30-36-46)47-17-11-18-48(37-47)49-19-12-20-50(38-49)60-64-58(56-52-22-8-10-24-54(52)68-62(56)66-60)45-33-27-42(28-34-45)40-15-5-2-6-16-40;1-3-11-31(12-4-1)33-19-23-35(24-20-33)45-43-39-15-7-9-17-41(39)55-49(43)54-48(51-45)38-29-25-36(26-30-38)46-44-40-16-8-10-18-42(40)56-50(44)53-47(52-46)37-27-21-34(22-28-37)32-13-5-2-6-14-32/h1-38H;1-30H. The van der Waals surface area contributed by atoms with E-state index in [4.69, 9.17) is 39.9 Å². The van der Waals surface area contributed by atoms with Gasteiger partial charge < -0.3 is 0 Å². The van der Waals surface area contributed by atoms with Crippen LogP contribution in [-0.2, 0) is 0 Å². The normalized spacial score (nSPS) is 11.5. The molecular formula is C112H68N8S4. The lowest BCUT2D eigenvalue weighted by molar-refractivity contribution is 1.23. The predicted molar refractivity (Wildman–Crippen MR) is 523 cm³/mol. The molecule has 0 saturated carbocycles. The molecule has 0 radical (unpaired) electrons. The minimum Gasteiger partial charge on any atom is -0.227 e. The number of thiophene rings is 4. The van der Waals surface area contributed by atoms with Gasteiger partial charge >= 0.3 is 0 Å². The van der Waals surface area contributed by atoms with Gasteiger partial charge in [-0.05, 0) is 103 Å². The second-order valence-corrected chi connectivity index (χ2v) is 34.9. The SMILES string of the molecule is c1ccc(-c2ccc(-c3nc(-c4ccc(-c5cccc(-c6cccc(-c7nc(-c8ccc(-c9ccccc9)cc8)c8c(n7)sc7ccccc78)c6)c5)cc4)nc4sc5ccccc5c34)cc2)cc1.c1ccc(-c2ccc(-c3nc(-c4ccc(-c5nc(-c6ccc(-c7ccccc7)cc6)c6c(n5)sc5ccccc56)cc4)c4c(n3)sc3ccccc34)cc2)cc1. The summed E-state index contributed by atoms with van der Waals surface area (Å²) in [5.41, 5.74) is 25.8. The van der Waals surface area contributed by atoms with Crippen molar-refractivity contribution in [2.24, 2.45) is 0 Å². The number of hydrogen-bond acceptors (Lipinski definition) is 12. The van der Waals surface area contributed by atoms with E-state index in [2.05, 4.69) is 400 Å². The molecular weight excluding hydrogens is 1590 g/mol. The second-order valence-electron chi connectivity index (χ2n) is 30.8. The minimum atomic E-state index is 0.700. The van der Waals surface area contributed by atoms with Gasteiger partial charge in [-0.1, -0.05) is 376 Å². The van der Waals surface area contributed by atoms with Crippen LogP contribution in [0.2, 0.25) is 0 Å². The molecule has 0 aliphatic rings. The Morgan fingerprint density at radius 2 is 0.306 bits per heavy atom. The van der Waals surface area contributed by atoms with E-state index in [9.17, 15) is 0 Å². The van der Waals surface area contributed by atoms with Gasteiger partial charge in [0, 0.05) is 106 Å². The van der Waals surface area contributed by atoms with Crippen LogP contribution >= 0.6 is 45.3 Å². The van der Waals surface area contributed by atoms with Crippen molar-refractivity contribution in [1.29, 1.82) is 0 Å². The first-order valence-corrected chi connectivity index (χ1v) is 44.5. The maximum Gasteiger partial charge on any atom is 0.161 e. The average Bonchev–Trinajstić information content (AvgIpc) is 1.59. The third-order valence-corrected chi connectivity index (χ3v) is 27.5. The molecule has 24 aromatic rings. The molecule has 8 nitrogen and oxygen atoms in total. The Bertz CT molecular complexity index is 8160. The van der Waals surface area contributed by atoms with E-state index >= 15 is 0 Å². The van der Waals surface area contributed by atoms with E-state index in [1.165, 1.54) is 79.3 Å². The molecule has 0 amide bonds. The number of aromatic nitrogens is 8. The number of benzene rings is 16. The smallest absolute Gasteiger partial charge is 0.161 e. The highest BCUT2D eigenvalue weighted by Gasteiger charge is 2.24. The van der Waals surface area contributed by atoms with E-state index in [-0.39, 0.29) is 0 Å². The molecule has 0 fully saturated rings. The summed E-state index contributed by atoms with van der Waals surface area (Å²) in [6, 6.07) is 145. The highest BCUT2D eigenvalue weighted by atomic mass is 32.1. The molecule has 0 bridgehead atoms. The Kier molecular flexibility index (Phi) is 18.9. The van der Waals surface area contributed by atoms with Crippen LogP contribution < -0.4 is 0 Å². The first kappa shape index (κ1) is 73.8. The summed E-state index contributed by atoms with van der Waals surface area (Å²) in [6.07, 6.45) is 0. The molecule has 0 N–H and O–H groups in total. The molecule has 16 aromatic carbocycles. The van der Waals surface area contributed by atoms with Crippen LogP contribution in [0, 0.1) is 0 Å². The first-order valence-electron chi connectivity index (χ1n) is 41.2. The van der Waals surface area contributed by atoms with E-state index < -0.39 is 0 Å². The molecule has 12 heteroatoms. The first-order chi connectivity index (χ1) is 61.4. The molecule has 580 valence electrons. The highest BCUT2D eigenvalue weighted by molar-refractivity contribution is 7.26. The molecule has 0 atom stereocenters. The van der Waals surface area contributed by atoms with Gasteiger partial charge in [-0.15, -0.1) is 45.3 Å². The van der Waals surface area contributed by atoms with Crippen LogP contribution in [0.15, 0.2) is 413 Å². The maximum atomic E-state index is 5.35. The highest BCUT2D eigenvalue weighted by Crippen LogP contribution is 2.47. The van der Waals surface area contributed by atoms with Crippen LogP contribution in [0.1, 0.15) is 0 Å². The number of rotatable bonds is 14. The van der Waals surface area contributed by atoms with Crippen molar-refractivity contribution in [3.63, 3.8) is 0 Å². The Balaban J connectivity index is 0.000000146. The number of fused-ring (bicyclic) bond motifs is 12. The van der Waals surface area contributed by atoms with Crippen molar-refractivity contribution in [2.75, 3.05) is 0 Å². The summed E-state index contributed by atoms with van der Waals surface area (Å²) >= 11 is 6.87. The zero-order valence-electron chi connectivity index (χ0n) is 66.5. The van der Waals surface area contributed by atoms with E-state index in [1.54, 1.807) is 45.3 Å². The molecule has 0 unspecified atom stereocenters. The van der Waals surface area contributed by atoms with E-state index in [1.807, 2.05) is 12.1 Å². The largest absolute Gasteiger partial charge is 0.227 e. The summed E-state index contributed by atoms with van der Waals surface area (Å²) in [5, 5.41) is 9.07. The molecule has 8 aromatic heterocycles. The maximum absolute atomic E-state index is 5.35. The fourth-order valence-electron chi connectivity index (χ4n) is 16.9. The molecule has 24 rings (SSSR count). The molecule has 0 aliphatic carbocycles. The Morgan fingerprint density at radius 3 is 0.573 bits per heavy atom. The third-order valence-electron chi connectivity index (χ3n) is 23.2. The van der Waals surface area contributed by atoms with Gasteiger partial charge in [0.2, 0.25) is 0 Å². The monoisotopic (exact) mass is 1650 g/mol. The summed E-state index contributed by atoms with van der Waals surface area (Å²) < 4.78 is 4.80. The van der Waals surface area contributed by atoms with Crippen molar-refractivity contribution in [3.05, 3.63) is 413 Å². The van der Waals surface area contributed by atoms with Crippen molar-refractivity contribution >= 4 is 127 Å². The van der Waals surface area contributed by atoms with Crippen molar-refractivity contribution in [2.45, 2.75) is 0 Å². The van der Waals surface area contributed by atoms with Crippen LogP contribution in [0.25, 0.3) is 239 Å². The molecule has 124 heavy (non-hydrogen) atoms. The lowest BCUT2D eigenvalue weighted by Crippen LogP contribution is -1.95.